The first-order valence-corrected chi connectivity index (χ1v) is 9.58. The maximum Gasteiger partial charge on any atom is 0.361 e. The molecule has 0 bridgehead atoms. The summed E-state index contributed by atoms with van der Waals surface area (Å²) in [5.74, 6) is -0.211. The number of nitrogens with one attached hydrogen (secondary N) is 1. The zero-order valence-electron chi connectivity index (χ0n) is 14.9. The van der Waals surface area contributed by atoms with Crippen LogP contribution in [0.2, 0.25) is 10.0 Å². The summed E-state index contributed by atoms with van der Waals surface area (Å²) in [5, 5.41) is 3.72. The number of hydrogen-bond acceptors (Lipinski definition) is 5. The largest absolute Gasteiger partial charge is 0.456 e. The van der Waals surface area contributed by atoms with E-state index in [9.17, 15) is 9.59 Å². The smallest absolute Gasteiger partial charge is 0.361 e. The molecule has 0 unspecified atom stereocenters. The first kappa shape index (κ1) is 20.4. The van der Waals surface area contributed by atoms with Gasteiger partial charge in [0.1, 0.15) is 17.4 Å². The second kappa shape index (κ2) is 8.38. The van der Waals surface area contributed by atoms with E-state index in [1.54, 1.807) is 49.1 Å². The SMILES string of the molecule is Cn1c(Br)nc(C(=O)OCc2ccc(Cl)cc2)c1Nc1cc(Cl)c(=O)n(C)c1. The second-order valence-corrected chi connectivity index (χ2v) is 7.51. The Balaban J connectivity index is 1.84. The number of benzene rings is 1. The highest BCUT2D eigenvalue weighted by atomic mass is 79.9. The Bertz CT molecular complexity index is 1070. The van der Waals surface area contributed by atoms with E-state index in [2.05, 4.69) is 26.2 Å². The van der Waals surface area contributed by atoms with Crippen LogP contribution in [-0.2, 0) is 25.4 Å². The summed E-state index contributed by atoms with van der Waals surface area (Å²) in [6.45, 7) is 0.0787. The van der Waals surface area contributed by atoms with E-state index in [1.165, 1.54) is 10.6 Å². The van der Waals surface area contributed by atoms with Gasteiger partial charge in [-0.05, 0) is 39.7 Å². The normalized spacial score (nSPS) is 10.8. The van der Waals surface area contributed by atoms with Crippen LogP contribution in [0.3, 0.4) is 0 Å². The Labute approximate surface area is 179 Å². The first-order chi connectivity index (χ1) is 13.3. The van der Waals surface area contributed by atoms with Gasteiger partial charge in [0.2, 0.25) is 0 Å². The van der Waals surface area contributed by atoms with Gasteiger partial charge in [-0.15, -0.1) is 0 Å². The lowest BCUT2D eigenvalue weighted by Crippen LogP contribution is -2.17. The summed E-state index contributed by atoms with van der Waals surface area (Å²) in [6, 6.07) is 8.47. The number of imidazole rings is 1. The van der Waals surface area contributed by atoms with Crippen LogP contribution in [0.15, 0.2) is 46.1 Å². The molecule has 2 aromatic heterocycles. The van der Waals surface area contributed by atoms with E-state index in [-0.39, 0.29) is 22.9 Å². The third-order valence-corrected chi connectivity index (χ3v) is 5.15. The molecule has 1 aromatic carbocycles. The van der Waals surface area contributed by atoms with Crippen LogP contribution < -0.4 is 10.9 Å². The fourth-order valence-electron chi connectivity index (χ4n) is 2.43. The molecule has 0 aliphatic carbocycles. The van der Waals surface area contributed by atoms with Crippen LogP contribution in [0.5, 0.6) is 0 Å². The van der Waals surface area contributed by atoms with E-state index >= 15 is 0 Å². The zero-order valence-corrected chi connectivity index (χ0v) is 18.0. The van der Waals surface area contributed by atoms with Gasteiger partial charge < -0.3 is 19.2 Å². The van der Waals surface area contributed by atoms with E-state index in [0.717, 1.165) is 5.56 Å². The van der Waals surface area contributed by atoms with Crippen molar-refractivity contribution in [2.45, 2.75) is 6.61 Å². The van der Waals surface area contributed by atoms with Crippen molar-refractivity contribution >= 4 is 56.6 Å². The fraction of sp³-hybridized carbons (Fsp3) is 0.167. The van der Waals surface area contributed by atoms with Gasteiger partial charge in [0.25, 0.3) is 5.56 Å². The number of carbonyl (C=O) groups is 1. The number of aromatic nitrogens is 3. The Morgan fingerprint density at radius 2 is 1.93 bits per heavy atom. The summed E-state index contributed by atoms with van der Waals surface area (Å²) >= 11 is 15.1. The molecular weight excluding hydrogens is 471 g/mol. The van der Waals surface area contributed by atoms with E-state index in [4.69, 9.17) is 27.9 Å². The highest BCUT2D eigenvalue weighted by Gasteiger charge is 2.22. The summed E-state index contributed by atoms with van der Waals surface area (Å²) in [7, 11) is 3.30. The van der Waals surface area contributed by atoms with Crippen LogP contribution in [0.25, 0.3) is 0 Å². The van der Waals surface area contributed by atoms with Crippen molar-refractivity contribution in [3.63, 3.8) is 0 Å². The lowest BCUT2D eigenvalue weighted by atomic mass is 10.2. The van der Waals surface area contributed by atoms with Crippen molar-refractivity contribution in [3.05, 3.63) is 72.9 Å². The number of ether oxygens (including phenoxy) is 1. The number of halogens is 3. The van der Waals surface area contributed by atoms with Crippen molar-refractivity contribution in [3.8, 4) is 0 Å². The predicted octanol–water partition coefficient (Wildman–Crippen LogP) is 4.29. The van der Waals surface area contributed by atoms with E-state index in [1.807, 2.05) is 0 Å². The summed E-state index contributed by atoms with van der Waals surface area (Å²) in [5.41, 5.74) is 1.09. The molecule has 2 heterocycles. The number of rotatable bonds is 5. The minimum absolute atomic E-state index is 0.0561. The number of carbonyl (C=O) groups excluding carboxylic acids is 1. The molecule has 0 saturated heterocycles. The van der Waals surface area contributed by atoms with Gasteiger partial charge in [0.15, 0.2) is 10.4 Å². The Morgan fingerprint density at radius 3 is 2.57 bits per heavy atom. The monoisotopic (exact) mass is 484 g/mol. The fourth-order valence-corrected chi connectivity index (χ4v) is 3.16. The standard InChI is InChI=1S/C18H15BrCl2N4O3/c1-24-8-12(7-13(21)16(24)26)22-15-14(23-18(19)25(15)2)17(27)28-9-10-3-5-11(20)6-4-10/h3-8,22H,9H2,1-2H3. The van der Waals surface area contributed by atoms with Gasteiger partial charge in [-0.25, -0.2) is 9.78 Å². The lowest BCUT2D eigenvalue weighted by molar-refractivity contribution is 0.0467. The molecule has 146 valence electrons. The van der Waals surface area contributed by atoms with Gasteiger partial charge in [0, 0.05) is 25.3 Å². The lowest BCUT2D eigenvalue weighted by Gasteiger charge is -2.11. The molecular formula is C18H15BrCl2N4O3. The number of pyridine rings is 1. The molecule has 0 saturated carbocycles. The quantitative estimate of drug-likeness (QED) is 0.545. The molecule has 0 fully saturated rings. The van der Waals surface area contributed by atoms with Crippen LogP contribution in [0.1, 0.15) is 16.1 Å². The van der Waals surface area contributed by atoms with Crippen LogP contribution in [0, 0.1) is 0 Å². The minimum Gasteiger partial charge on any atom is -0.456 e. The highest BCUT2D eigenvalue weighted by molar-refractivity contribution is 9.10. The number of esters is 1. The third kappa shape index (κ3) is 4.40. The maximum absolute atomic E-state index is 12.6. The number of aryl methyl sites for hydroxylation is 1. The van der Waals surface area contributed by atoms with E-state index < -0.39 is 5.97 Å². The molecule has 3 rings (SSSR count). The summed E-state index contributed by atoms with van der Waals surface area (Å²) in [4.78, 5) is 28.6. The van der Waals surface area contributed by atoms with Gasteiger partial charge in [-0.1, -0.05) is 35.3 Å². The molecule has 0 amide bonds. The molecule has 0 atom stereocenters. The van der Waals surface area contributed by atoms with Crippen molar-refractivity contribution in [2.75, 3.05) is 5.32 Å². The summed E-state index contributed by atoms with van der Waals surface area (Å²) < 4.78 is 8.78. The van der Waals surface area contributed by atoms with Crippen molar-refractivity contribution < 1.29 is 9.53 Å². The predicted molar refractivity (Wildman–Crippen MR) is 111 cm³/mol. The Kier molecular flexibility index (Phi) is 6.12. The van der Waals surface area contributed by atoms with Crippen molar-refractivity contribution in [2.24, 2.45) is 14.1 Å². The minimum atomic E-state index is -0.602. The van der Waals surface area contributed by atoms with E-state index in [0.29, 0.717) is 21.3 Å². The Morgan fingerprint density at radius 1 is 1.25 bits per heavy atom. The molecule has 0 aliphatic heterocycles. The van der Waals surface area contributed by atoms with Crippen LogP contribution in [-0.4, -0.2) is 20.1 Å². The van der Waals surface area contributed by atoms with Crippen LogP contribution in [0.4, 0.5) is 11.5 Å². The van der Waals surface area contributed by atoms with Gasteiger partial charge in [0.05, 0.1) is 5.69 Å². The van der Waals surface area contributed by atoms with Crippen LogP contribution >= 0.6 is 39.1 Å². The van der Waals surface area contributed by atoms with Gasteiger partial charge >= 0.3 is 5.97 Å². The number of anilines is 2. The average molecular weight is 486 g/mol. The molecule has 3 aromatic rings. The van der Waals surface area contributed by atoms with Gasteiger partial charge in [-0.2, -0.15) is 0 Å². The molecule has 10 heteroatoms. The van der Waals surface area contributed by atoms with Gasteiger partial charge in [-0.3, -0.25) is 4.79 Å². The highest BCUT2D eigenvalue weighted by Crippen LogP contribution is 2.26. The molecule has 0 aliphatic rings. The molecule has 28 heavy (non-hydrogen) atoms. The topological polar surface area (TPSA) is 78.2 Å². The summed E-state index contributed by atoms with van der Waals surface area (Å²) in [6.07, 6.45) is 1.57. The first-order valence-electron chi connectivity index (χ1n) is 8.03. The molecule has 1 N–H and O–H groups in total. The van der Waals surface area contributed by atoms with Crippen molar-refractivity contribution in [1.82, 2.24) is 14.1 Å². The number of hydrogen-bond donors (Lipinski definition) is 1. The Hall–Kier alpha value is -2.29. The maximum atomic E-state index is 12.6. The molecule has 7 nitrogen and oxygen atoms in total. The third-order valence-electron chi connectivity index (χ3n) is 3.92. The zero-order chi connectivity index (χ0) is 20.4. The molecule has 0 spiro atoms. The number of nitrogens with zero attached hydrogens (tertiary/aromatic N) is 3. The second-order valence-electron chi connectivity index (χ2n) is 5.96. The average Bonchev–Trinajstić information content (AvgIpc) is 2.94. The van der Waals surface area contributed by atoms with Crippen molar-refractivity contribution in [1.29, 1.82) is 0 Å². The molecule has 0 radical (unpaired) electrons.